The Hall–Kier alpha value is -2.79. The van der Waals surface area contributed by atoms with Crippen LogP contribution < -0.4 is 20.3 Å². The summed E-state index contributed by atoms with van der Waals surface area (Å²) in [6.07, 6.45) is 3.90. The van der Waals surface area contributed by atoms with Crippen LogP contribution in [0.2, 0.25) is 0 Å². The smallest absolute Gasteiger partial charge is 0.387 e. The number of fused-ring (bicyclic) bond motifs is 1. The van der Waals surface area contributed by atoms with E-state index in [2.05, 4.69) is 26.6 Å². The van der Waals surface area contributed by atoms with Crippen molar-refractivity contribution in [2.75, 3.05) is 75.6 Å². The monoisotopic (exact) mass is 476 g/mol. The zero-order chi connectivity index (χ0) is 23.9. The van der Waals surface area contributed by atoms with E-state index in [0.29, 0.717) is 29.2 Å². The molecular formula is C23H32F2N7O2+. The zero-order valence-electron chi connectivity index (χ0n) is 19.7. The molecule has 6 rings (SSSR count). The molecule has 4 fully saturated rings. The van der Waals surface area contributed by atoms with Crippen LogP contribution in [0.3, 0.4) is 0 Å². The molecule has 1 saturated carbocycles. The Balaban J connectivity index is 1.45. The molecule has 0 unspecified atom stereocenters. The molecule has 2 aromatic rings. The molecule has 0 spiro atoms. The molecule has 34 heavy (non-hydrogen) atoms. The van der Waals surface area contributed by atoms with E-state index in [-0.39, 0.29) is 11.6 Å². The molecule has 1 aliphatic carbocycles. The van der Waals surface area contributed by atoms with Gasteiger partial charge in [-0.1, -0.05) is 0 Å². The van der Waals surface area contributed by atoms with Crippen molar-refractivity contribution in [3.63, 3.8) is 0 Å². The number of nitrogens with two attached hydrogens (primary N) is 1. The van der Waals surface area contributed by atoms with E-state index in [1.54, 1.807) is 13.3 Å². The lowest BCUT2D eigenvalue weighted by molar-refractivity contribution is -0.910. The summed E-state index contributed by atoms with van der Waals surface area (Å²) in [6, 6.07) is 3.86. The summed E-state index contributed by atoms with van der Waals surface area (Å²) in [5, 5.41) is 0. The fourth-order valence-electron chi connectivity index (χ4n) is 5.13. The topological polar surface area (TPSA) is 89.6 Å². The number of anilines is 3. The SMILES string of the molecule is COCC[N+]1(C)CCN(c2cc(-c3cnc(N)c(OC(F)F)c3)nc(N3CC4CC3C4)n2)CC1. The first-order valence-electron chi connectivity index (χ1n) is 11.8. The standard InChI is InChI=1S/C23H32F2N7O2/c1-32(7-8-33-2)5-3-30(4-6-32)20-12-18(16-11-19(34-22(24)25)21(26)27-13-16)28-23(29-20)31-14-15-9-17(31)10-15/h11-13,15,17,22H,3-10,14H2,1-2H3,(H2,26,27)/q+1. The first-order chi connectivity index (χ1) is 16.3. The fourth-order valence-corrected chi connectivity index (χ4v) is 5.13. The molecule has 9 nitrogen and oxygen atoms in total. The average molecular weight is 477 g/mol. The fraction of sp³-hybridized carbons (Fsp3) is 0.609. The lowest BCUT2D eigenvalue weighted by Crippen LogP contribution is -2.58. The number of ether oxygens (including phenoxy) is 2. The van der Waals surface area contributed by atoms with Crippen LogP contribution in [-0.4, -0.2) is 92.1 Å². The Bertz CT molecular complexity index is 1030. The highest BCUT2D eigenvalue weighted by molar-refractivity contribution is 5.68. The number of rotatable bonds is 8. The number of alkyl halides is 2. The quantitative estimate of drug-likeness (QED) is 0.581. The number of nitrogens with zero attached hydrogens (tertiary/aromatic N) is 6. The first-order valence-corrected chi connectivity index (χ1v) is 11.8. The Morgan fingerprint density at radius 2 is 1.97 bits per heavy atom. The van der Waals surface area contributed by atoms with Crippen LogP contribution in [-0.2, 0) is 4.74 Å². The maximum atomic E-state index is 12.8. The predicted molar refractivity (Wildman–Crippen MR) is 125 cm³/mol. The van der Waals surface area contributed by atoms with Crippen molar-refractivity contribution in [1.82, 2.24) is 15.0 Å². The highest BCUT2D eigenvalue weighted by Gasteiger charge is 2.44. The Morgan fingerprint density at radius 1 is 1.21 bits per heavy atom. The molecule has 5 heterocycles. The number of hydrogen-bond donors (Lipinski definition) is 1. The minimum atomic E-state index is -2.98. The summed E-state index contributed by atoms with van der Waals surface area (Å²) in [5.41, 5.74) is 6.94. The highest BCUT2D eigenvalue weighted by atomic mass is 19.3. The number of halogens is 2. The molecule has 3 aliphatic heterocycles. The van der Waals surface area contributed by atoms with Gasteiger partial charge < -0.3 is 29.5 Å². The molecule has 2 bridgehead atoms. The van der Waals surface area contributed by atoms with E-state index in [9.17, 15) is 8.78 Å². The van der Waals surface area contributed by atoms with Gasteiger partial charge >= 0.3 is 6.61 Å². The van der Waals surface area contributed by atoms with Crippen molar-refractivity contribution in [3.05, 3.63) is 18.3 Å². The highest BCUT2D eigenvalue weighted by Crippen LogP contribution is 2.43. The van der Waals surface area contributed by atoms with Gasteiger partial charge in [0.2, 0.25) is 5.95 Å². The van der Waals surface area contributed by atoms with E-state index < -0.39 is 6.61 Å². The number of methoxy groups -OCH3 is 1. The van der Waals surface area contributed by atoms with Crippen molar-refractivity contribution in [1.29, 1.82) is 0 Å². The van der Waals surface area contributed by atoms with Crippen molar-refractivity contribution in [2.24, 2.45) is 5.92 Å². The van der Waals surface area contributed by atoms with E-state index in [1.165, 1.54) is 18.9 Å². The molecule has 4 aliphatic rings. The van der Waals surface area contributed by atoms with E-state index in [1.807, 2.05) is 6.07 Å². The number of aromatic nitrogens is 3. The Kier molecular flexibility index (Phi) is 6.15. The normalized spacial score (nSPS) is 23.3. The van der Waals surface area contributed by atoms with Crippen LogP contribution in [0.15, 0.2) is 18.3 Å². The second-order valence-corrected chi connectivity index (χ2v) is 9.81. The van der Waals surface area contributed by atoms with Gasteiger partial charge in [-0.15, -0.1) is 0 Å². The van der Waals surface area contributed by atoms with Crippen molar-refractivity contribution >= 4 is 17.6 Å². The molecule has 2 N–H and O–H groups in total. The summed E-state index contributed by atoms with van der Waals surface area (Å²) in [5.74, 6) is 2.01. The minimum absolute atomic E-state index is 0.0805. The largest absolute Gasteiger partial charge is 0.431 e. The van der Waals surface area contributed by atoms with Crippen molar-refractivity contribution < 1.29 is 22.7 Å². The van der Waals surface area contributed by atoms with E-state index in [0.717, 1.165) is 56.2 Å². The molecule has 0 aromatic carbocycles. The van der Waals surface area contributed by atoms with Crippen LogP contribution in [0.1, 0.15) is 12.8 Å². The van der Waals surface area contributed by atoms with E-state index in [4.69, 9.17) is 20.4 Å². The number of hydrogen-bond acceptors (Lipinski definition) is 8. The molecule has 3 saturated heterocycles. The van der Waals surface area contributed by atoms with Crippen molar-refractivity contribution in [3.8, 4) is 17.0 Å². The second-order valence-electron chi connectivity index (χ2n) is 9.81. The second kappa shape index (κ2) is 9.10. The zero-order valence-corrected chi connectivity index (χ0v) is 19.7. The van der Waals surface area contributed by atoms with Crippen LogP contribution in [0, 0.1) is 5.92 Å². The third kappa shape index (κ3) is 4.58. The molecule has 0 amide bonds. The molecular weight excluding hydrogens is 444 g/mol. The van der Waals surface area contributed by atoms with Gasteiger partial charge in [0.15, 0.2) is 11.6 Å². The van der Waals surface area contributed by atoms with Crippen molar-refractivity contribution in [2.45, 2.75) is 25.5 Å². The number of piperazine rings is 1. The lowest BCUT2D eigenvalue weighted by atomic mass is 9.86. The molecule has 0 atom stereocenters. The molecule has 2 aromatic heterocycles. The van der Waals surface area contributed by atoms with Gasteiger partial charge in [-0.25, -0.2) is 9.97 Å². The van der Waals surface area contributed by atoms with Gasteiger partial charge in [-0.3, -0.25) is 0 Å². The number of pyridine rings is 1. The number of likely N-dealkylation sites (N-methyl/N-ethyl adjacent to an activating group) is 1. The Labute approximate surface area is 198 Å². The summed E-state index contributed by atoms with van der Waals surface area (Å²) in [6.45, 7) is 3.40. The van der Waals surface area contributed by atoms with Gasteiger partial charge in [0, 0.05) is 37.5 Å². The Morgan fingerprint density at radius 3 is 2.62 bits per heavy atom. The maximum Gasteiger partial charge on any atom is 0.387 e. The third-order valence-corrected chi connectivity index (χ3v) is 7.44. The van der Waals surface area contributed by atoms with Crippen LogP contribution in [0.5, 0.6) is 5.75 Å². The van der Waals surface area contributed by atoms with Gasteiger partial charge in [0.25, 0.3) is 0 Å². The van der Waals surface area contributed by atoms with Crippen LogP contribution in [0.25, 0.3) is 11.3 Å². The predicted octanol–water partition coefficient (Wildman–Crippen LogP) is 2.23. The lowest BCUT2D eigenvalue weighted by Gasteiger charge is -2.42. The van der Waals surface area contributed by atoms with Crippen LogP contribution >= 0.6 is 0 Å². The first kappa shape index (κ1) is 23.0. The summed E-state index contributed by atoms with van der Waals surface area (Å²) < 4.78 is 36.5. The van der Waals surface area contributed by atoms with Gasteiger partial charge in [0.1, 0.15) is 12.4 Å². The van der Waals surface area contributed by atoms with Crippen LogP contribution in [0.4, 0.5) is 26.4 Å². The van der Waals surface area contributed by atoms with Gasteiger partial charge in [0.05, 0.1) is 45.5 Å². The molecule has 0 radical (unpaired) electrons. The minimum Gasteiger partial charge on any atom is -0.431 e. The summed E-state index contributed by atoms with van der Waals surface area (Å²) >= 11 is 0. The number of quaternary nitrogens is 1. The van der Waals surface area contributed by atoms with Gasteiger partial charge in [-0.2, -0.15) is 13.8 Å². The van der Waals surface area contributed by atoms with E-state index >= 15 is 0 Å². The maximum absolute atomic E-state index is 12.8. The average Bonchev–Trinajstić information content (AvgIpc) is 3.41. The molecule has 184 valence electrons. The third-order valence-electron chi connectivity index (χ3n) is 7.44. The molecule has 11 heteroatoms. The summed E-state index contributed by atoms with van der Waals surface area (Å²) in [4.78, 5) is 18.4. The van der Waals surface area contributed by atoms with Gasteiger partial charge in [-0.05, 0) is 24.8 Å². The summed E-state index contributed by atoms with van der Waals surface area (Å²) in [7, 11) is 3.99. The number of nitrogen functional groups attached to an aromatic ring is 1.